The van der Waals surface area contributed by atoms with E-state index in [2.05, 4.69) is 22.5 Å². The molecule has 0 bridgehead atoms. The van der Waals surface area contributed by atoms with Gasteiger partial charge in [0, 0.05) is 36.2 Å². The van der Waals surface area contributed by atoms with Crippen LogP contribution in [-0.4, -0.2) is 42.5 Å². The monoisotopic (exact) mass is 359 g/mol. The highest BCUT2D eigenvalue weighted by molar-refractivity contribution is 6.31. The van der Waals surface area contributed by atoms with E-state index < -0.39 is 0 Å². The molecule has 130 valence electrons. The molecule has 2 rings (SSSR count). The topological polar surface area (TPSA) is 44.4 Å². The molecule has 0 spiro atoms. The van der Waals surface area contributed by atoms with E-state index in [1.807, 2.05) is 38.1 Å². The van der Waals surface area contributed by atoms with Gasteiger partial charge in [0.15, 0.2) is 0 Å². The summed E-state index contributed by atoms with van der Waals surface area (Å²) in [4.78, 5) is 14.5. The molecule has 1 fully saturated rings. The third kappa shape index (κ3) is 5.64. The highest BCUT2D eigenvalue weighted by Crippen LogP contribution is 2.28. The molecule has 1 aromatic carbocycles. The molecule has 1 aliphatic heterocycles. The Morgan fingerprint density at radius 3 is 2.78 bits per heavy atom. The summed E-state index contributed by atoms with van der Waals surface area (Å²) in [7, 11) is 0. The van der Waals surface area contributed by atoms with Gasteiger partial charge < -0.3 is 10.6 Å². The first-order valence-corrected chi connectivity index (χ1v) is 8.31. The maximum absolute atomic E-state index is 12.3. The first-order valence-electron chi connectivity index (χ1n) is 7.93. The Bertz CT molecular complexity index is 522. The zero-order chi connectivity index (χ0) is 16.2. The van der Waals surface area contributed by atoms with Crippen LogP contribution in [0.25, 0.3) is 0 Å². The largest absolute Gasteiger partial charge is 0.350 e. The molecule has 4 nitrogen and oxygen atoms in total. The SMILES string of the molecule is CCC(C)(C)NC(=O)CN1CCNCC1c1ccccc1Cl.Cl. The van der Waals surface area contributed by atoms with Gasteiger partial charge in [-0.3, -0.25) is 9.69 Å². The van der Waals surface area contributed by atoms with Crippen LogP contribution >= 0.6 is 24.0 Å². The van der Waals surface area contributed by atoms with E-state index in [-0.39, 0.29) is 29.9 Å². The minimum Gasteiger partial charge on any atom is -0.350 e. The predicted octanol–water partition coefficient (Wildman–Crippen LogP) is 3.01. The van der Waals surface area contributed by atoms with Crippen LogP contribution in [0.5, 0.6) is 0 Å². The van der Waals surface area contributed by atoms with Crippen molar-refractivity contribution in [2.45, 2.75) is 38.8 Å². The number of halogens is 2. The highest BCUT2D eigenvalue weighted by atomic mass is 35.5. The van der Waals surface area contributed by atoms with Crippen LogP contribution < -0.4 is 10.6 Å². The molecule has 1 amide bonds. The van der Waals surface area contributed by atoms with Gasteiger partial charge in [-0.25, -0.2) is 0 Å². The predicted molar refractivity (Wildman–Crippen MR) is 98.4 cm³/mol. The van der Waals surface area contributed by atoms with Crippen molar-refractivity contribution in [1.82, 2.24) is 15.5 Å². The van der Waals surface area contributed by atoms with Crippen LogP contribution in [0.15, 0.2) is 24.3 Å². The molecule has 0 aromatic heterocycles. The summed E-state index contributed by atoms with van der Waals surface area (Å²) in [5.74, 6) is 0.0748. The van der Waals surface area contributed by atoms with Gasteiger partial charge >= 0.3 is 0 Å². The van der Waals surface area contributed by atoms with E-state index in [1.54, 1.807) is 0 Å². The highest BCUT2D eigenvalue weighted by Gasteiger charge is 2.28. The van der Waals surface area contributed by atoms with E-state index in [9.17, 15) is 4.79 Å². The maximum atomic E-state index is 12.3. The number of carbonyl (C=O) groups excluding carboxylic acids is 1. The molecule has 1 atom stereocenters. The Kier molecular flexibility index (Phi) is 7.81. The summed E-state index contributed by atoms with van der Waals surface area (Å²) in [5.41, 5.74) is 0.921. The summed E-state index contributed by atoms with van der Waals surface area (Å²) in [6.07, 6.45) is 0.911. The zero-order valence-electron chi connectivity index (χ0n) is 14.1. The lowest BCUT2D eigenvalue weighted by Gasteiger charge is -2.37. The second kappa shape index (κ2) is 8.88. The Labute approximate surface area is 150 Å². The quantitative estimate of drug-likeness (QED) is 0.849. The Balaban J connectivity index is 0.00000264. The summed E-state index contributed by atoms with van der Waals surface area (Å²) in [6, 6.07) is 8.01. The number of nitrogens with zero attached hydrogens (tertiary/aromatic N) is 1. The number of hydrogen-bond acceptors (Lipinski definition) is 3. The van der Waals surface area contributed by atoms with Crippen molar-refractivity contribution in [3.63, 3.8) is 0 Å². The third-order valence-electron chi connectivity index (χ3n) is 4.33. The fraction of sp³-hybridized carbons (Fsp3) is 0.588. The number of benzene rings is 1. The van der Waals surface area contributed by atoms with Crippen molar-refractivity contribution in [1.29, 1.82) is 0 Å². The van der Waals surface area contributed by atoms with Gasteiger partial charge in [-0.1, -0.05) is 36.7 Å². The Morgan fingerprint density at radius 2 is 2.13 bits per heavy atom. The second-order valence-electron chi connectivity index (χ2n) is 6.50. The summed E-state index contributed by atoms with van der Waals surface area (Å²) in [6.45, 7) is 9.14. The number of rotatable bonds is 5. The third-order valence-corrected chi connectivity index (χ3v) is 4.67. The molecular formula is C17H27Cl2N3O. The molecule has 1 heterocycles. The number of hydrogen-bond donors (Lipinski definition) is 2. The van der Waals surface area contributed by atoms with Gasteiger partial charge in [-0.15, -0.1) is 12.4 Å². The van der Waals surface area contributed by atoms with Crippen molar-refractivity contribution in [3.05, 3.63) is 34.9 Å². The molecule has 6 heteroatoms. The van der Waals surface area contributed by atoms with Crippen LogP contribution in [0, 0.1) is 0 Å². The van der Waals surface area contributed by atoms with Crippen LogP contribution in [0.2, 0.25) is 5.02 Å². The van der Waals surface area contributed by atoms with Crippen LogP contribution in [0.3, 0.4) is 0 Å². The van der Waals surface area contributed by atoms with Crippen molar-refractivity contribution >= 4 is 29.9 Å². The van der Waals surface area contributed by atoms with E-state index in [4.69, 9.17) is 11.6 Å². The van der Waals surface area contributed by atoms with Gasteiger partial charge in [0.1, 0.15) is 0 Å². The summed E-state index contributed by atoms with van der Waals surface area (Å²) in [5, 5.41) is 7.26. The lowest BCUT2D eigenvalue weighted by Crippen LogP contribution is -2.52. The molecule has 1 aliphatic rings. The fourth-order valence-corrected chi connectivity index (χ4v) is 2.94. The number of amides is 1. The standard InChI is InChI=1S/C17H26ClN3O.ClH/c1-4-17(2,3)20-16(22)12-21-10-9-19-11-15(21)13-7-5-6-8-14(13)18;/h5-8,15,19H,4,9-12H2,1-3H3,(H,20,22);1H. The van der Waals surface area contributed by atoms with Gasteiger partial charge in [0.25, 0.3) is 0 Å². The van der Waals surface area contributed by atoms with Crippen molar-refractivity contribution in [2.75, 3.05) is 26.2 Å². The van der Waals surface area contributed by atoms with Crippen molar-refractivity contribution in [2.24, 2.45) is 0 Å². The number of piperazine rings is 1. The van der Waals surface area contributed by atoms with E-state index >= 15 is 0 Å². The van der Waals surface area contributed by atoms with Crippen LogP contribution in [0.1, 0.15) is 38.8 Å². The minimum absolute atomic E-state index is 0. The second-order valence-corrected chi connectivity index (χ2v) is 6.90. The lowest BCUT2D eigenvalue weighted by atomic mass is 10.0. The molecule has 1 unspecified atom stereocenters. The van der Waals surface area contributed by atoms with E-state index in [1.165, 1.54) is 0 Å². The summed E-state index contributed by atoms with van der Waals surface area (Å²) >= 11 is 6.33. The number of nitrogens with one attached hydrogen (secondary N) is 2. The maximum Gasteiger partial charge on any atom is 0.234 e. The molecule has 23 heavy (non-hydrogen) atoms. The number of carbonyl (C=O) groups is 1. The van der Waals surface area contributed by atoms with E-state index in [0.717, 1.165) is 36.6 Å². The molecular weight excluding hydrogens is 333 g/mol. The van der Waals surface area contributed by atoms with Gasteiger partial charge in [0.05, 0.1) is 6.54 Å². The van der Waals surface area contributed by atoms with Crippen molar-refractivity contribution in [3.8, 4) is 0 Å². The average Bonchev–Trinajstić information content (AvgIpc) is 2.48. The van der Waals surface area contributed by atoms with Crippen molar-refractivity contribution < 1.29 is 4.79 Å². The zero-order valence-corrected chi connectivity index (χ0v) is 15.6. The smallest absolute Gasteiger partial charge is 0.234 e. The Hall–Kier alpha value is -0.810. The first kappa shape index (κ1) is 20.2. The molecule has 0 aliphatic carbocycles. The van der Waals surface area contributed by atoms with Gasteiger partial charge in [0.2, 0.25) is 5.91 Å². The van der Waals surface area contributed by atoms with Crippen LogP contribution in [-0.2, 0) is 4.79 Å². The molecule has 1 saturated heterocycles. The van der Waals surface area contributed by atoms with Gasteiger partial charge in [-0.2, -0.15) is 0 Å². The molecule has 0 saturated carbocycles. The Morgan fingerprint density at radius 1 is 1.43 bits per heavy atom. The fourth-order valence-electron chi connectivity index (χ4n) is 2.68. The summed E-state index contributed by atoms with van der Waals surface area (Å²) < 4.78 is 0. The van der Waals surface area contributed by atoms with Gasteiger partial charge in [-0.05, 0) is 31.9 Å². The molecule has 2 N–H and O–H groups in total. The lowest BCUT2D eigenvalue weighted by molar-refractivity contribution is -0.124. The van der Waals surface area contributed by atoms with Crippen LogP contribution in [0.4, 0.5) is 0 Å². The minimum atomic E-state index is -0.162. The average molecular weight is 360 g/mol. The normalized spacial score (nSPS) is 19.0. The molecule has 1 aromatic rings. The first-order chi connectivity index (χ1) is 10.4. The van der Waals surface area contributed by atoms with E-state index in [0.29, 0.717) is 6.54 Å². The molecule has 0 radical (unpaired) electrons.